The van der Waals surface area contributed by atoms with Crippen LogP contribution in [0.4, 0.5) is 0 Å². The standard InChI is InChI=1S/C39H49N3O6S/c1-7-47-38(45)39-20-25(39)13-11-9-8-10-12-16-42(5)37(44)29-18-26(17-28(29)32(43)21-39)48-34-19-30(36-41-31(22-49-36)23(2)3)40-35-24(4)33(46-6)15-14-27(34)35/h11,13-15,19,22-23,25-26,28-29H,7-10,12,16-18,20-21H2,1-6H3/b13-11-/t25-,26-,28-,29-,39-/m1/s1. The van der Waals surface area contributed by atoms with Gasteiger partial charge in [-0.3, -0.25) is 14.4 Å². The van der Waals surface area contributed by atoms with Gasteiger partial charge in [-0.1, -0.05) is 32.4 Å². The van der Waals surface area contributed by atoms with Crippen molar-refractivity contribution >= 4 is 39.9 Å². The van der Waals surface area contributed by atoms with E-state index in [4.69, 9.17) is 24.2 Å². The van der Waals surface area contributed by atoms with Gasteiger partial charge < -0.3 is 19.1 Å². The average Bonchev–Trinajstić information content (AvgIpc) is 3.38. The summed E-state index contributed by atoms with van der Waals surface area (Å²) < 4.78 is 18.0. The molecular weight excluding hydrogens is 639 g/mol. The molecule has 6 rings (SSSR count). The first kappa shape index (κ1) is 35.1. The Kier molecular flexibility index (Phi) is 10.4. The summed E-state index contributed by atoms with van der Waals surface area (Å²) in [4.78, 5) is 53.3. The molecule has 2 aromatic heterocycles. The lowest BCUT2D eigenvalue weighted by atomic mass is 9.84. The van der Waals surface area contributed by atoms with Crippen LogP contribution in [0.5, 0.6) is 11.5 Å². The average molecular weight is 688 g/mol. The number of allylic oxidation sites excluding steroid dienone is 2. The molecule has 3 aliphatic rings. The molecule has 1 aromatic carbocycles. The molecule has 262 valence electrons. The molecule has 0 N–H and O–H groups in total. The van der Waals surface area contributed by atoms with E-state index in [1.807, 2.05) is 32.2 Å². The number of ether oxygens (including phenoxy) is 3. The van der Waals surface area contributed by atoms with Crippen LogP contribution in [0.2, 0.25) is 0 Å². The second kappa shape index (κ2) is 14.6. The minimum Gasteiger partial charge on any atom is -0.496 e. The molecule has 0 bridgehead atoms. The number of fused-ring (bicyclic) bond motifs is 3. The predicted octanol–water partition coefficient (Wildman–Crippen LogP) is 7.69. The summed E-state index contributed by atoms with van der Waals surface area (Å²) in [6.07, 6.45) is 9.21. The van der Waals surface area contributed by atoms with Crippen LogP contribution in [-0.2, 0) is 19.1 Å². The van der Waals surface area contributed by atoms with Crippen LogP contribution in [0, 0.1) is 30.1 Å². The number of esters is 1. The van der Waals surface area contributed by atoms with Crippen LogP contribution >= 0.6 is 11.3 Å². The Morgan fingerprint density at radius 2 is 1.90 bits per heavy atom. The zero-order chi connectivity index (χ0) is 34.9. The number of methoxy groups -OCH3 is 1. The number of benzene rings is 1. The monoisotopic (exact) mass is 687 g/mol. The number of carbonyl (C=O) groups is 3. The number of nitrogens with zero attached hydrogens (tertiary/aromatic N) is 3. The molecule has 49 heavy (non-hydrogen) atoms. The van der Waals surface area contributed by atoms with Crippen molar-refractivity contribution in [3.05, 3.63) is 47.0 Å². The van der Waals surface area contributed by atoms with E-state index in [-0.39, 0.29) is 48.6 Å². The summed E-state index contributed by atoms with van der Waals surface area (Å²) in [7, 11) is 3.48. The van der Waals surface area contributed by atoms with Crippen LogP contribution in [0.3, 0.4) is 0 Å². The van der Waals surface area contributed by atoms with E-state index in [1.54, 1.807) is 30.3 Å². The minimum absolute atomic E-state index is 0.0187. The van der Waals surface area contributed by atoms with Gasteiger partial charge in [-0.15, -0.1) is 11.3 Å². The Balaban J connectivity index is 1.34. The third-order valence-corrected chi connectivity index (χ3v) is 11.5. The first-order valence-electron chi connectivity index (χ1n) is 17.8. The van der Waals surface area contributed by atoms with E-state index in [9.17, 15) is 14.4 Å². The van der Waals surface area contributed by atoms with Gasteiger partial charge in [0.2, 0.25) is 5.91 Å². The van der Waals surface area contributed by atoms with Crippen LogP contribution < -0.4 is 9.47 Å². The fourth-order valence-electron chi connectivity index (χ4n) is 7.63. The Labute approximate surface area is 293 Å². The zero-order valence-electron chi connectivity index (χ0n) is 29.6. The van der Waals surface area contributed by atoms with Crippen molar-refractivity contribution < 1.29 is 28.6 Å². The highest BCUT2D eigenvalue weighted by atomic mass is 32.1. The maximum Gasteiger partial charge on any atom is 0.313 e. The van der Waals surface area contributed by atoms with E-state index < -0.39 is 17.3 Å². The predicted molar refractivity (Wildman–Crippen MR) is 191 cm³/mol. The Hall–Kier alpha value is -3.79. The summed E-state index contributed by atoms with van der Waals surface area (Å²) >= 11 is 1.55. The lowest BCUT2D eigenvalue weighted by molar-refractivity contribution is -0.152. The Morgan fingerprint density at radius 1 is 1.10 bits per heavy atom. The topological polar surface area (TPSA) is 108 Å². The molecule has 1 aliphatic heterocycles. The number of hydrogen-bond donors (Lipinski definition) is 0. The Morgan fingerprint density at radius 3 is 2.63 bits per heavy atom. The number of thiazole rings is 1. The SMILES string of the molecule is CCOC(=O)[C@]12CC(=O)[C@@H]3C[C@@H](Oc4cc(-c5nc(C(C)C)cs5)nc5c(C)c(OC)ccc45)C[C@H]3C(=O)N(C)CCCCC/C=C\[C@@H]1C2. The van der Waals surface area contributed by atoms with Gasteiger partial charge in [-0.2, -0.15) is 0 Å². The summed E-state index contributed by atoms with van der Waals surface area (Å²) in [6.45, 7) is 8.93. The van der Waals surface area contributed by atoms with Crippen molar-refractivity contribution in [1.29, 1.82) is 0 Å². The van der Waals surface area contributed by atoms with Gasteiger partial charge in [0.15, 0.2) is 0 Å². The fraction of sp³-hybridized carbons (Fsp3) is 0.564. The normalized spacial score (nSPS) is 26.9. The second-order valence-corrected chi connectivity index (χ2v) is 15.2. The molecule has 0 saturated heterocycles. The number of pyridine rings is 1. The van der Waals surface area contributed by atoms with Crippen molar-refractivity contribution in [2.45, 2.75) is 91.1 Å². The second-order valence-electron chi connectivity index (χ2n) is 14.3. The quantitative estimate of drug-likeness (QED) is 0.184. The van der Waals surface area contributed by atoms with Crippen LogP contribution in [0.25, 0.3) is 21.6 Å². The zero-order valence-corrected chi connectivity index (χ0v) is 30.4. The Bertz CT molecular complexity index is 1750. The van der Waals surface area contributed by atoms with Gasteiger partial charge in [-0.25, -0.2) is 9.97 Å². The van der Waals surface area contributed by atoms with Crippen molar-refractivity contribution in [3.63, 3.8) is 0 Å². The smallest absolute Gasteiger partial charge is 0.313 e. The van der Waals surface area contributed by atoms with Crippen molar-refractivity contribution in [3.8, 4) is 22.2 Å². The maximum atomic E-state index is 14.3. The molecule has 0 spiro atoms. The molecule has 5 atom stereocenters. The molecule has 2 saturated carbocycles. The molecule has 0 radical (unpaired) electrons. The van der Waals surface area contributed by atoms with Gasteiger partial charge in [0.05, 0.1) is 36.3 Å². The third-order valence-electron chi connectivity index (χ3n) is 10.7. The van der Waals surface area contributed by atoms with E-state index in [0.29, 0.717) is 37.3 Å². The van der Waals surface area contributed by atoms with Gasteiger partial charge >= 0.3 is 5.97 Å². The van der Waals surface area contributed by atoms with Gasteiger partial charge in [0.1, 0.15) is 34.1 Å². The third kappa shape index (κ3) is 7.12. The van der Waals surface area contributed by atoms with Gasteiger partial charge in [0.25, 0.3) is 0 Å². The van der Waals surface area contributed by atoms with Crippen LogP contribution in [0.15, 0.2) is 35.7 Å². The number of hydrogen-bond acceptors (Lipinski definition) is 9. The molecule has 0 unspecified atom stereocenters. The van der Waals surface area contributed by atoms with Crippen molar-refractivity contribution in [2.24, 2.45) is 23.2 Å². The first-order valence-corrected chi connectivity index (χ1v) is 18.7. The van der Waals surface area contributed by atoms with E-state index in [1.165, 1.54) is 0 Å². The molecule has 2 aliphatic carbocycles. The van der Waals surface area contributed by atoms with E-state index in [2.05, 4.69) is 31.4 Å². The highest BCUT2D eigenvalue weighted by Gasteiger charge is 2.61. The summed E-state index contributed by atoms with van der Waals surface area (Å²) in [5.41, 5.74) is 2.52. The molecule has 9 nitrogen and oxygen atoms in total. The molecule has 3 heterocycles. The van der Waals surface area contributed by atoms with Gasteiger partial charge in [0, 0.05) is 48.3 Å². The minimum atomic E-state index is -0.850. The van der Waals surface area contributed by atoms with Crippen LogP contribution in [-0.4, -0.2) is 65.9 Å². The number of aromatic nitrogens is 2. The number of ketones is 1. The van der Waals surface area contributed by atoms with E-state index in [0.717, 1.165) is 58.6 Å². The molecule has 3 aromatic rings. The number of amides is 1. The summed E-state index contributed by atoms with van der Waals surface area (Å²) in [5.74, 6) is 0.172. The molecule has 2 fully saturated rings. The molecule has 10 heteroatoms. The number of carbonyl (C=O) groups excluding carboxylic acids is 3. The first-order chi connectivity index (χ1) is 23.6. The number of rotatable bonds is 7. The number of aryl methyl sites for hydroxylation is 1. The van der Waals surface area contributed by atoms with Crippen molar-refractivity contribution in [2.75, 3.05) is 27.3 Å². The molecule has 1 amide bonds. The largest absolute Gasteiger partial charge is 0.496 e. The van der Waals surface area contributed by atoms with Crippen molar-refractivity contribution in [1.82, 2.24) is 14.9 Å². The highest BCUT2D eigenvalue weighted by Crippen LogP contribution is 2.58. The maximum absolute atomic E-state index is 14.3. The van der Waals surface area contributed by atoms with Crippen LogP contribution in [0.1, 0.15) is 89.3 Å². The highest BCUT2D eigenvalue weighted by molar-refractivity contribution is 7.13. The lowest BCUT2D eigenvalue weighted by Gasteiger charge is -2.25. The fourth-order valence-corrected chi connectivity index (χ4v) is 8.57. The number of Topliss-reactive ketones (excluding diaryl/α,β-unsaturated/α-hetero) is 1. The van der Waals surface area contributed by atoms with Gasteiger partial charge in [-0.05, 0) is 76.3 Å². The molecular formula is C39H49N3O6S. The summed E-state index contributed by atoms with van der Waals surface area (Å²) in [6, 6.07) is 5.81. The summed E-state index contributed by atoms with van der Waals surface area (Å²) in [5, 5.41) is 3.70. The lowest BCUT2D eigenvalue weighted by Crippen LogP contribution is -2.38. The van der Waals surface area contributed by atoms with E-state index >= 15 is 0 Å².